The summed E-state index contributed by atoms with van der Waals surface area (Å²) < 4.78 is 1.11. The van der Waals surface area contributed by atoms with Crippen molar-refractivity contribution in [2.24, 2.45) is 5.92 Å². The molecule has 1 N–H and O–H groups in total. The predicted molar refractivity (Wildman–Crippen MR) is 47.1 cm³/mol. The molecule has 1 heterocycles. The summed E-state index contributed by atoms with van der Waals surface area (Å²) in [5.74, 6) is 1.09. The zero-order valence-electron chi connectivity index (χ0n) is 7.86. The summed E-state index contributed by atoms with van der Waals surface area (Å²) in [5.41, 5.74) is 1.18. The Labute approximate surface area is 73.4 Å². The fourth-order valence-corrected chi connectivity index (χ4v) is 1.14. The second-order valence-corrected chi connectivity index (χ2v) is 3.55. The van der Waals surface area contributed by atoms with Gasteiger partial charge in [0.05, 0.1) is 0 Å². The summed E-state index contributed by atoms with van der Waals surface area (Å²) in [4.78, 5) is 0. The summed E-state index contributed by atoms with van der Waals surface area (Å²) in [6.07, 6.45) is 3.38. The Morgan fingerprint density at radius 1 is 1.33 bits per heavy atom. The quantitative estimate of drug-likeness (QED) is 0.527. The third-order valence-corrected chi connectivity index (χ3v) is 2.33. The van der Waals surface area contributed by atoms with E-state index in [4.69, 9.17) is 5.21 Å². The maximum atomic E-state index is 9.16. The van der Waals surface area contributed by atoms with Gasteiger partial charge in [-0.25, -0.2) is 0 Å². The molecule has 0 aliphatic carbocycles. The van der Waals surface area contributed by atoms with Crippen molar-refractivity contribution in [2.45, 2.75) is 26.7 Å². The molecule has 66 valence electrons. The Hall–Kier alpha value is -1.05. The molecular weight excluding hydrogens is 150 g/mol. The Morgan fingerprint density at radius 2 is 2.00 bits per heavy atom. The molecule has 0 saturated heterocycles. The minimum Gasteiger partial charge on any atom is -0.285 e. The zero-order valence-corrected chi connectivity index (χ0v) is 7.86. The lowest BCUT2D eigenvalue weighted by atomic mass is 9.92. The van der Waals surface area contributed by atoms with Gasteiger partial charge in [0.15, 0.2) is 0 Å². The number of pyridine rings is 1. The molecule has 2 heteroatoms. The standard InChI is InChI=1S/C10H16NO/c1-8(2)9(3)10-5-4-6-11(12)7-10/h4-9,12H,1-3H3/q+1. The first kappa shape index (κ1) is 9.04. The molecule has 0 amide bonds. The van der Waals surface area contributed by atoms with Gasteiger partial charge >= 0.3 is 0 Å². The van der Waals surface area contributed by atoms with Gasteiger partial charge in [-0.05, 0) is 17.9 Å². The van der Waals surface area contributed by atoms with E-state index in [1.54, 1.807) is 12.4 Å². The lowest BCUT2D eigenvalue weighted by Gasteiger charge is -2.13. The lowest BCUT2D eigenvalue weighted by molar-refractivity contribution is -0.905. The topological polar surface area (TPSA) is 24.1 Å². The summed E-state index contributed by atoms with van der Waals surface area (Å²) in [6.45, 7) is 6.53. The molecule has 1 atom stereocenters. The van der Waals surface area contributed by atoms with Crippen LogP contribution in [0, 0.1) is 5.92 Å². The van der Waals surface area contributed by atoms with E-state index in [9.17, 15) is 0 Å². The van der Waals surface area contributed by atoms with Crippen LogP contribution in [0.1, 0.15) is 32.3 Å². The minimum atomic E-state index is 0.490. The van der Waals surface area contributed by atoms with Crippen molar-refractivity contribution in [3.63, 3.8) is 0 Å². The van der Waals surface area contributed by atoms with Crippen molar-refractivity contribution < 1.29 is 9.94 Å². The molecular formula is C10H16NO+. The second-order valence-electron chi connectivity index (χ2n) is 3.55. The third-order valence-electron chi connectivity index (χ3n) is 2.33. The van der Waals surface area contributed by atoms with Gasteiger partial charge in [-0.15, -0.1) is 0 Å². The highest BCUT2D eigenvalue weighted by molar-refractivity contribution is 5.11. The summed E-state index contributed by atoms with van der Waals surface area (Å²) in [5, 5.41) is 9.16. The van der Waals surface area contributed by atoms with Crippen molar-refractivity contribution in [3.05, 3.63) is 30.1 Å². The molecule has 0 saturated carbocycles. The highest BCUT2D eigenvalue weighted by Gasteiger charge is 2.12. The average molecular weight is 166 g/mol. The molecule has 12 heavy (non-hydrogen) atoms. The SMILES string of the molecule is CC(C)C(C)c1ccc[n+](O)c1. The molecule has 1 aromatic heterocycles. The third kappa shape index (κ3) is 1.97. The Balaban J connectivity index is 2.88. The van der Waals surface area contributed by atoms with Gasteiger partial charge in [0, 0.05) is 16.4 Å². The van der Waals surface area contributed by atoms with Crippen molar-refractivity contribution in [1.82, 2.24) is 0 Å². The largest absolute Gasteiger partial charge is 0.285 e. The fraction of sp³-hybridized carbons (Fsp3) is 0.500. The number of hydrogen-bond donors (Lipinski definition) is 1. The van der Waals surface area contributed by atoms with Crippen LogP contribution < -0.4 is 4.73 Å². The van der Waals surface area contributed by atoms with Gasteiger partial charge in [-0.1, -0.05) is 20.8 Å². The molecule has 0 aromatic carbocycles. The van der Waals surface area contributed by atoms with E-state index in [-0.39, 0.29) is 0 Å². The van der Waals surface area contributed by atoms with Crippen molar-refractivity contribution in [1.29, 1.82) is 0 Å². The van der Waals surface area contributed by atoms with E-state index in [0.29, 0.717) is 11.8 Å². The van der Waals surface area contributed by atoms with E-state index in [2.05, 4.69) is 20.8 Å². The van der Waals surface area contributed by atoms with Crippen LogP contribution in [-0.4, -0.2) is 5.21 Å². The first-order valence-corrected chi connectivity index (χ1v) is 4.31. The molecule has 1 unspecified atom stereocenters. The molecule has 1 aromatic rings. The normalized spacial score (nSPS) is 13.3. The highest BCUT2D eigenvalue weighted by Crippen LogP contribution is 2.21. The number of rotatable bonds is 2. The van der Waals surface area contributed by atoms with Crippen LogP contribution >= 0.6 is 0 Å². The smallest absolute Gasteiger partial charge is 0.225 e. The first-order valence-electron chi connectivity index (χ1n) is 4.31. The van der Waals surface area contributed by atoms with Crippen LogP contribution in [0.5, 0.6) is 0 Å². The maximum Gasteiger partial charge on any atom is 0.225 e. The van der Waals surface area contributed by atoms with Gasteiger partial charge in [0.1, 0.15) is 0 Å². The van der Waals surface area contributed by atoms with Gasteiger partial charge in [0.25, 0.3) is 0 Å². The predicted octanol–water partition coefficient (Wildman–Crippen LogP) is 1.97. The Kier molecular flexibility index (Phi) is 2.69. The Morgan fingerprint density at radius 3 is 2.50 bits per heavy atom. The monoisotopic (exact) mass is 166 g/mol. The molecule has 2 nitrogen and oxygen atoms in total. The van der Waals surface area contributed by atoms with Crippen molar-refractivity contribution in [3.8, 4) is 0 Å². The molecule has 0 radical (unpaired) electrons. The van der Waals surface area contributed by atoms with Gasteiger partial charge < -0.3 is 0 Å². The highest BCUT2D eigenvalue weighted by atomic mass is 16.5. The van der Waals surface area contributed by atoms with Crippen molar-refractivity contribution >= 4 is 0 Å². The van der Waals surface area contributed by atoms with Crippen LogP contribution in [0.4, 0.5) is 0 Å². The summed E-state index contributed by atoms with van der Waals surface area (Å²) in [7, 11) is 0. The number of nitrogens with zero attached hydrogens (tertiary/aromatic N) is 1. The molecule has 0 fully saturated rings. The lowest BCUT2D eigenvalue weighted by Crippen LogP contribution is -2.29. The second kappa shape index (κ2) is 3.57. The van der Waals surface area contributed by atoms with Crippen LogP contribution in [-0.2, 0) is 0 Å². The number of hydrogen-bond acceptors (Lipinski definition) is 1. The summed E-state index contributed by atoms with van der Waals surface area (Å²) in [6, 6.07) is 3.89. The number of aromatic nitrogens is 1. The van der Waals surface area contributed by atoms with E-state index in [0.717, 1.165) is 4.73 Å². The van der Waals surface area contributed by atoms with E-state index in [1.165, 1.54) is 5.56 Å². The maximum absolute atomic E-state index is 9.16. The molecule has 1 rings (SSSR count). The average Bonchev–Trinajstić information content (AvgIpc) is 2.03. The molecule has 0 bridgehead atoms. The van der Waals surface area contributed by atoms with Gasteiger partial charge in [-0.3, -0.25) is 5.21 Å². The molecule has 0 spiro atoms. The molecule has 0 aliphatic heterocycles. The van der Waals surface area contributed by atoms with Crippen LogP contribution in [0.3, 0.4) is 0 Å². The van der Waals surface area contributed by atoms with Crippen LogP contribution in [0.2, 0.25) is 0 Å². The van der Waals surface area contributed by atoms with Crippen molar-refractivity contribution in [2.75, 3.05) is 0 Å². The minimum absolute atomic E-state index is 0.490. The van der Waals surface area contributed by atoms with Crippen LogP contribution in [0.25, 0.3) is 0 Å². The van der Waals surface area contributed by atoms with Gasteiger partial charge in [0.2, 0.25) is 12.4 Å². The summed E-state index contributed by atoms with van der Waals surface area (Å²) >= 11 is 0. The first-order chi connectivity index (χ1) is 5.61. The van der Waals surface area contributed by atoms with E-state index in [1.807, 2.05) is 12.1 Å². The fourth-order valence-electron chi connectivity index (χ4n) is 1.14. The van der Waals surface area contributed by atoms with E-state index < -0.39 is 0 Å². The van der Waals surface area contributed by atoms with E-state index >= 15 is 0 Å². The zero-order chi connectivity index (χ0) is 9.14. The molecule has 0 aliphatic rings. The Bertz CT molecular complexity index is 258. The van der Waals surface area contributed by atoms with Gasteiger partial charge in [-0.2, -0.15) is 0 Å². The van der Waals surface area contributed by atoms with Crippen LogP contribution in [0.15, 0.2) is 24.5 Å².